The summed E-state index contributed by atoms with van der Waals surface area (Å²) in [4.78, 5) is 11.6. The van der Waals surface area contributed by atoms with Crippen LogP contribution in [-0.2, 0) is 16.0 Å². The fraction of sp³-hybridized carbons (Fsp3) is 0.500. The summed E-state index contributed by atoms with van der Waals surface area (Å²) in [5.74, 6) is -0.115. The van der Waals surface area contributed by atoms with Gasteiger partial charge >= 0.3 is 5.97 Å². The quantitative estimate of drug-likeness (QED) is 0.869. The molecule has 0 saturated carbocycles. The lowest BCUT2D eigenvalue weighted by molar-refractivity contribution is -0.145. The summed E-state index contributed by atoms with van der Waals surface area (Å²) in [6.07, 6.45) is 2.86. The van der Waals surface area contributed by atoms with Crippen LogP contribution in [-0.4, -0.2) is 24.7 Å². The summed E-state index contributed by atoms with van der Waals surface area (Å²) in [6, 6.07) is 8.58. The summed E-state index contributed by atoms with van der Waals surface area (Å²) >= 11 is 3.43. The highest BCUT2D eigenvalue weighted by Gasteiger charge is 2.29. The highest BCUT2D eigenvalue weighted by Crippen LogP contribution is 2.19. The number of carbonyl (C=O) groups excluding carboxylic acids is 1. The average molecular weight is 312 g/mol. The molecule has 98 valence electrons. The number of carbonyl (C=O) groups is 1. The number of nitrogens with one attached hydrogen (secondary N) is 1. The Hall–Kier alpha value is -0.870. The summed E-state index contributed by atoms with van der Waals surface area (Å²) in [6.45, 7) is 2.29. The van der Waals surface area contributed by atoms with Crippen molar-refractivity contribution in [1.29, 1.82) is 0 Å². The van der Waals surface area contributed by atoms with Crippen molar-refractivity contribution in [2.45, 2.75) is 38.3 Å². The molecule has 0 aromatic heterocycles. The molecule has 1 aromatic rings. The smallest absolute Gasteiger partial charge is 0.323 e. The number of esters is 1. The van der Waals surface area contributed by atoms with E-state index in [1.807, 2.05) is 19.1 Å². The maximum Gasteiger partial charge on any atom is 0.323 e. The first kappa shape index (κ1) is 13.6. The van der Waals surface area contributed by atoms with Crippen molar-refractivity contribution in [2.75, 3.05) is 6.61 Å². The van der Waals surface area contributed by atoms with Crippen LogP contribution in [0, 0.1) is 0 Å². The predicted octanol–water partition coefficient (Wildman–Crippen LogP) is 2.68. The topological polar surface area (TPSA) is 38.3 Å². The Morgan fingerprint density at radius 1 is 1.39 bits per heavy atom. The van der Waals surface area contributed by atoms with Gasteiger partial charge in [-0.1, -0.05) is 28.1 Å². The molecule has 1 aliphatic rings. The molecule has 1 fully saturated rings. The van der Waals surface area contributed by atoms with Crippen molar-refractivity contribution in [3.63, 3.8) is 0 Å². The lowest BCUT2D eigenvalue weighted by Gasteiger charge is -2.13. The Bertz CT molecular complexity index is 405. The van der Waals surface area contributed by atoms with Gasteiger partial charge in [0.25, 0.3) is 0 Å². The SMILES string of the molecule is CCOC(=O)[C@H]1CC[C@@H](Cc2ccc(Br)cc2)N1. The zero-order chi connectivity index (χ0) is 13.0. The van der Waals surface area contributed by atoms with Crippen molar-refractivity contribution in [3.05, 3.63) is 34.3 Å². The van der Waals surface area contributed by atoms with E-state index in [-0.39, 0.29) is 12.0 Å². The van der Waals surface area contributed by atoms with Gasteiger partial charge in [-0.2, -0.15) is 0 Å². The second-order valence-electron chi connectivity index (χ2n) is 4.58. The van der Waals surface area contributed by atoms with Crippen molar-refractivity contribution in [2.24, 2.45) is 0 Å². The second-order valence-corrected chi connectivity index (χ2v) is 5.49. The van der Waals surface area contributed by atoms with Crippen LogP contribution in [0.15, 0.2) is 28.7 Å². The average Bonchev–Trinajstić information content (AvgIpc) is 2.81. The van der Waals surface area contributed by atoms with Crippen LogP contribution in [0.25, 0.3) is 0 Å². The van der Waals surface area contributed by atoms with Crippen molar-refractivity contribution in [3.8, 4) is 0 Å². The van der Waals surface area contributed by atoms with E-state index in [9.17, 15) is 4.79 Å². The van der Waals surface area contributed by atoms with Crippen LogP contribution < -0.4 is 5.32 Å². The first-order valence-corrected chi connectivity index (χ1v) is 7.15. The van der Waals surface area contributed by atoms with Gasteiger partial charge in [0.05, 0.1) is 6.61 Å². The van der Waals surface area contributed by atoms with E-state index in [1.54, 1.807) is 0 Å². The normalized spacial score (nSPS) is 23.0. The molecular formula is C14H18BrNO2. The van der Waals surface area contributed by atoms with E-state index in [0.717, 1.165) is 23.7 Å². The van der Waals surface area contributed by atoms with Gasteiger partial charge in [0.2, 0.25) is 0 Å². The van der Waals surface area contributed by atoms with E-state index in [4.69, 9.17) is 4.74 Å². The standard InChI is InChI=1S/C14H18BrNO2/c1-2-18-14(17)13-8-7-12(16-13)9-10-3-5-11(15)6-4-10/h3-6,12-13,16H,2,7-9H2,1H3/t12-,13+/m0/s1. The van der Waals surface area contributed by atoms with Gasteiger partial charge in [-0.25, -0.2) is 0 Å². The van der Waals surface area contributed by atoms with Crippen molar-refractivity contribution < 1.29 is 9.53 Å². The molecule has 1 aliphatic heterocycles. The molecule has 0 amide bonds. The molecule has 18 heavy (non-hydrogen) atoms. The summed E-state index contributed by atoms with van der Waals surface area (Å²) in [5.41, 5.74) is 1.29. The Kier molecular flexibility index (Phi) is 4.78. The molecular weight excluding hydrogens is 294 g/mol. The lowest BCUT2D eigenvalue weighted by Crippen LogP contribution is -2.37. The Morgan fingerprint density at radius 3 is 2.78 bits per heavy atom. The molecule has 4 heteroatoms. The third-order valence-electron chi connectivity index (χ3n) is 3.21. The maximum absolute atomic E-state index is 11.6. The molecule has 0 spiro atoms. The number of hydrogen-bond acceptors (Lipinski definition) is 3. The zero-order valence-corrected chi connectivity index (χ0v) is 12.1. The molecule has 1 N–H and O–H groups in total. The molecule has 2 atom stereocenters. The Morgan fingerprint density at radius 2 is 2.11 bits per heavy atom. The Balaban J connectivity index is 1.86. The van der Waals surface area contributed by atoms with Crippen LogP contribution >= 0.6 is 15.9 Å². The first-order valence-electron chi connectivity index (χ1n) is 6.36. The van der Waals surface area contributed by atoms with Gasteiger partial charge in [0, 0.05) is 10.5 Å². The molecule has 1 heterocycles. The van der Waals surface area contributed by atoms with Crippen LogP contribution in [0.2, 0.25) is 0 Å². The third kappa shape index (κ3) is 3.56. The molecule has 3 nitrogen and oxygen atoms in total. The predicted molar refractivity (Wildman–Crippen MR) is 74.4 cm³/mol. The Labute approximate surface area is 116 Å². The molecule has 2 rings (SSSR count). The number of hydrogen-bond donors (Lipinski definition) is 1. The summed E-state index contributed by atoms with van der Waals surface area (Å²) in [5, 5.41) is 3.35. The lowest BCUT2D eigenvalue weighted by atomic mass is 10.0. The van der Waals surface area contributed by atoms with E-state index in [1.165, 1.54) is 5.56 Å². The van der Waals surface area contributed by atoms with E-state index in [0.29, 0.717) is 12.6 Å². The molecule has 0 unspecified atom stereocenters. The van der Waals surface area contributed by atoms with E-state index < -0.39 is 0 Å². The minimum absolute atomic E-state index is 0.115. The van der Waals surface area contributed by atoms with E-state index >= 15 is 0 Å². The molecule has 1 saturated heterocycles. The number of halogens is 1. The van der Waals surface area contributed by atoms with Gasteiger partial charge in [0.1, 0.15) is 6.04 Å². The monoisotopic (exact) mass is 311 g/mol. The van der Waals surface area contributed by atoms with E-state index in [2.05, 4.69) is 33.4 Å². The zero-order valence-electron chi connectivity index (χ0n) is 10.5. The summed E-state index contributed by atoms with van der Waals surface area (Å²) in [7, 11) is 0. The third-order valence-corrected chi connectivity index (χ3v) is 3.74. The number of ether oxygens (including phenoxy) is 1. The van der Waals surface area contributed by atoms with Crippen LogP contribution in [0.3, 0.4) is 0 Å². The van der Waals surface area contributed by atoms with Gasteiger partial charge < -0.3 is 10.1 Å². The van der Waals surface area contributed by atoms with Crippen LogP contribution in [0.5, 0.6) is 0 Å². The number of rotatable bonds is 4. The fourth-order valence-electron chi connectivity index (χ4n) is 2.31. The highest BCUT2D eigenvalue weighted by molar-refractivity contribution is 9.10. The van der Waals surface area contributed by atoms with Crippen LogP contribution in [0.4, 0.5) is 0 Å². The largest absolute Gasteiger partial charge is 0.465 e. The molecule has 1 aromatic carbocycles. The van der Waals surface area contributed by atoms with Gasteiger partial charge in [-0.3, -0.25) is 4.79 Å². The minimum Gasteiger partial charge on any atom is -0.465 e. The molecule has 0 aliphatic carbocycles. The van der Waals surface area contributed by atoms with Gasteiger partial charge in [0.15, 0.2) is 0 Å². The molecule has 0 radical (unpaired) electrons. The number of benzene rings is 1. The highest BCUT2D eigenvalue weighted by atomic mass is 79.9. The van der Waals surface area contributed by atoms with Crippen molar-refractivity contribution in [1.82, 2.24) is 5.32 Å². The van der Waals surface area contributed by atoms with Gasteiger partial charge in [-0.05, 0) is 43.9 Å². The second kappa shape index (κ2) is 6.34. The fourth-order valence-corrected chi connectivity index (χ4v) is 2.58. The first-order chi connectivity index (χ1) is 8.69. The van der Waals surface area contributed by atoms with Crippen LogP contribution in [0.1, 0.15) is 25.3 Å². The summed E-state index contributed by atoms with van der Waals surface area (Å²) < 4.78 is 6.13. The molecule has 0 bridgehead atoms. The van der Waals surface area contributed by atoms with Crippen molar-refractivity contribution >= 4 is 21.9 Å². The minimum atomic E-state index is -0.120. The maximum atomic E-state index is 11.6. The van der Waals surface area contributed by atoms with Gasteiger partial charge in [-0.15, -0.1) is 0 Å².